The zero-order chi connectivity index (χ0) is 14.4. The third-order valence-electron chi connectivity index (χ3n) is 2.88. The van der Waals surface area contributed by atoms with Crippen LogP contribution in [0, 0.1) is 0 Å². The number of aromatic nitrogens is 3. The first-order valence-electron chi connectivity index (χ1n) is 6.10. The van der Waals surface area contributed by atoms with Crippen molar-refractivity contribution in [3.8, 4) is 0 Å². The number of nitrogens with two attached hydrogens (primary N) is 1. The molecule has 7 heteroatoms. The lowest BCUT2D eigenvalue weighted by atomic mass is 10.2. The molecular weight excluding hydrogens is 256 g/mol. The number of hydrogen-bond donors (Lipinski definition) is 2. The Labute approximate surface area is 116 Å². The van der Waals surface area contributed by atoms with Gasteiger partial charge >= 0.3 is 0 Å². The van der Waals surface area contributed by atoms with Crippen molar-refractivity contribution in [2.45, 2.75) is 6.42 Å². The van der Waals surface area contributed by atoms with E-state index in [9.17, 15) is 0 Å². The summed E-state index contributed by atoms with van der Waals surface area (Å²) in [4.78, 5) is 14.3. The van der Waals surface area contributed by atoms with Gasteiger partial charge in [-0.1, -0.05) is 5.16 Å². The van der Waals surface area contributed by atoms with Gasteiger partial charge in [0, 0.05) is 26.0 Å². The maximum atomic E-state index is 8.56. The first-order valence-corrected chi connectivity index (χ1v) is 6.10. The summed E-state index contributed by atoms with van der Waals surface area (Å²) in [5, 5.41) is 11.4. The van der Waals surface area contributed by atoms with E-state index in [1.54, 1.807) is 18.6 Å². The van der Waals surface area contributed by atoms with Gasteiger partial charge in [-0.2, -0.15) is 0 Å². The van der Waals surface area contributed by atoms with Crippen molar-refractivity contribution >= 4 is 11.7 Å². The van der Waals surface area contributed by atoms with Gasteiger partial charge in [0.05, 0.1) is 12.4 Å². The molecule has 0 aliphatic rings. The summed E-state index contributed by atoms with van der Waals surface area (Å²) < 4.78 is 0. The molecular formula is C13H16N6O. The number of nitrogens with zero attached hydrogens (tertiary/aromatic N) is 5. The van der Waals surface area contributed by atoms with Crippen molar-refractivity contribution in [2.75, 3.05) is 18.5 Å². The van der Waals surface area contributed by atoms with E-state index in [0.717, 1.165) is 18.8 Å². The molecule has 2 heterocycles. The van der Waals surface area contributed by atoms with Gasteiger partial charge in [0.2, 0.25) is 0 Å². The van der Waals surface area contributed by atoms with Gasteiger partial charge < -0.3 is 15.8 Å². The minimum Gasteiger partial charge on any atom is -0.409 e. The smallest absolute Gasteiger partial charge is 0.190 e. The quantitative estimate of drug-likeness (QED) is 0.358. The summed E-state index contributed by atoms with van der Waals surface area (Å²) >= 11 is 0. The van der Waals surface area contributed by atoms with Crippen molar-refractivity contribution in [2.24, 2.45) is 10.9 Å². The van der Waals surface area contributed by atoms with Gasteiger partial charge in [-0.15, -0.1) is 0 Å². The van der Waals surface area contributed by atoms with E-state index >= 15 is 0 Å². The summed E-state index contributed by atoms with van der Waals surface area (Å²) in [6, 6.07) is 3.97. The molecule has 7 nitrogen and oxygen atoms in total. The van der Waals surface area contributed by atoms with Crippen molar-refractivity contribution in [3.05, 3.63) is 48.2 Å². The van der Waals surface area contributed by atoms with Gasteiger partial charge in [0.1, 0.15) is 11.5 Å². The Balaban J connectivity index is 1.97. The van der Waals surface area contributed by atoms with Crippen LogP contribution in [-0.4, -0.2) is 39.6 Å². The lowest BCUT2D eigenvalue weighted by Crippen LogP contribution is -2.22. The molecule has 0 bridgehead atoms. The summed E-state index contributed by atoms with van der Waals surface area (Å²) in [5.74, 6) is 0.678. The normalized spacial score (nSPS) is 11.3. The van der Waals surface area contributed by atoms with E-state index in [1.165, 1.54) is 11.8 Å². The van der Waals surface area contributed by atoms with Crippen LogP contribution in [0.5, 0.6) is 0 Å². The van der Waals surface area contributed by atoms with Crippen molar-refractivity contribution < 1.29 is 5.21 Å². The number of oxime groups is 1. The number of rotatable bonds is 5. The lowest BCUT2D eigenvalue weighted by Gasteiger charge is -2.17. The van der Waals surface area contributed by atoms with Gasteiger partial charge in [-0.3, -0.25) is 4.98 Å². The van der Waals surface area contributed by atoms with Crippen LogP contribution in [0.4, 0.5) is 5.82 Å². The van der Waals surface area contributed by atoms with Crippen LogP contribution in [0.3, 0.4) is 0 Å². The van der Waals surface area contributed by atoms with Crippen LogP contribution in [0.25, 0.3) is 0 Å². The maximum absolute atomic E-state index is 8.56. The van der Waals surface area contributed by atoms with Crippen LogP contribution in [0.15, 0.2) is 42.1 Å². The second-order valence-electron chi connectivity index (χ2n) is 4.27. The number of likely N-dealkylation sites (N-methyl/N-ethyl adjacent to an activating group) is 1. The molecule has 104 valence electrons. The highest BCUT2D eigenvalue weighted by atomic mass is 16.4. The van der Waals surface area contributed by atoms with Gasteiger partial charge in [0.15, 0.2) is 5.84 Å². The Morgan fingerprint density at radius 2 is 2.05 bits per heavy atom. The average molecular weight is 272 g/mol. The van der Waals surface area contributed by atoms with Crippen LogP contribution in [-0.2, 0) is 6.42 Å². The summed E-state index contributed by atoms with van der Waals surface area (Å²) in [6.07, 6.45) is 7.53. The van der Waals surface area contributed by atoms with Gasteiger partial charge in [-0.25, -0.2) is 9.97 Å². The van der Waals surface area contributed by atoms with Crippen molar-refractivity contribution in [1.82, 2.24) is 15.0 Å². The summed E-state index contributed by atoms with van der Waals surface area (Å²) in [5.41, 5.74) is 7.00. The average Bonchev–Trinajstić information content (AvgIpc) is 2.53. The Bertz CT molecular complexity index is 569. The molecule has 0 fully saturated rings. The first-order chi connectivity index (χ1) is 9.70. The van der Waals surface area contributed by atoms with E-state index in [2.05, 4.69) is 20.1 Å². The number of amidine groups is 1. The first kappa shape index (κ1) is 13.7. The van der Waals surface area contributed by atoms with Crippen molar-refractivity contribution in [3.63, 3.8) is 0 Å². The highest BCUT2D eigenvalue weighted by Crippen LogP contribution is 2.08. The molecule has 0 radical (unpaired) electrons. The molecule has 3 N–H and O–H groups in total. The SMILES string of the molecule is CN(CCc1ccncc1)c1cnc(C(N)=NO)cn1. The Kier molecular flexibility index (Phi) is 4.43. The van der Waals surface area contributed by atoms with E-state index in [1.807, 2.05) is 24.1 Å². The molecule has 2 rings (SSSR count). The second kappa shape index (κ2) is 6.46. The predicted octanol–water partition coefficient (Wildman–Crippen LogP) is 0.645. The van der Waals surface area contributed by atoms with E-state index in [-0.39, 0.29) is 5.84 Å². The molecule has 2 aromatic rings. The van der Waals surface area contributed by atoms with Crippen LogP contribution < -0.4 is 10.6 Å². The number of pyridine rings is 1. The fourth-order valence-electron chi connectivity index (χ4n) is 1.66. The fraction of sp³-hybridized carbons (Fsp3) is 0.231. The van der Waals surface area contributed by atoms with Crippen molar-refractivity contribution in [1.29, 1.82) is 0 Å². The molecule has 0 amide bonds. The highest BCUT2D eigenvalue weighted by molar-refractivity contribution is 5.94. The summed E-state index contributed by atoms with van der Waals surface area (Å²) in [6.45, 7) is 0.807. The van der Waals surface area contributed by atoms with E-state index < -0.39 is 0 Å². The largest absolute Gasteiger partial charge is 0.409 e. The zero-order valence-electron chi connectivity index (χ0n) is 11.1. The monoisotopic (exact) mass is 272 g/mol. The third-order valence-corrected chi connectivity index (χ3v) is 2.88. The Morgan fingerprint density at radius 3 is 2.65 bits per heavy atom. The lowest BCUT2D eigenvalue weighted by molar-refractivity contribution is 0.318. The molecule has 0 aromatic carbocycles. The fourth-order valence-corrected chi connectivity index (χ4v) is 1.66. The molecule has 20 heavy (non-hydrogen) atoms. The zero-order valence-corrected chi connectivity index (χ0v) is 11.1. The Hall–Kier alpha value is -2.70. The molecule has 0 spiro atoms. The van der Waals surface area contributed by atoms with E-state index in [4.69, 9.17) is 10.9 Å². The second-order valence-corrected chi connectivity index (χ2v) is 4.27. The predicted molar refractivity (Wildman–Crippen MR) is 75.8 cm³/mol. The minimum atomic E-state index is -0.0523. The highest BCUT2D eigenvalue weighted by Gasteiger charge is 2.06. The third kappa shape index (κ3) is 3.41. The topological polar surface area (TPSA) is 101 Å². The molecule has 2 aromatic heterocycles. The van der Waals surface area contributed by atoms with Gasteiger partial charge in [-0.05, 0) is 24.1 Å². The van der Waals surface area contributed by atoms with Crippen LogP contribution in [0.2, 0.25) is 0 Å². The minimum absolute atomic E-state index is 0.0523. The van der Waals surface area contributed by atoms with Crippen LogP contribution >= 0.6 is 0 Å². The molecule has 0 atom stereocenters. The molecule has 0 aliphatic heterocycles. The van der Waals surface area contributed by atoms with E-state index in [0.29, 0.717) is 5.69 Å². The maximum Gasteiger partial charge on any atom is 0.190 e. The Morgan fingerprint density at radius 1 is 1.30 bits per heavy atom. The number of anilines is 1. The van der Waals surface area contributed by atoms with Gasteiger partial charge in [0.25, 0.3) is 0 Å². The molecule has 0 saturated carbocycles. The number of hydrogen-bond acceptors (Lipinski definition) is 6. The molecule has 0 saturated heterocycles. The van der Waals surface area contributed by atoms with Crippen LogP contribution in [0.1, 0.15) is 11.3 Å². The standard InChI is InChI=1S/C13H16N6O/c1-19(7-4-10-2-5-15-6-3-10)12-9-16-11(8-17-12)13(14)18-20/h2-3,5-6,8-9,20H,4,7H2,1H3,(H2,14,18). The molecule has 0 unspecified atom stereocenters. The summed E-state index contributed by atoms with van der Waals surface area (Å²) in [7, 11) is 1.94. The molecule has 0 aliphatic carbocycles.